The minimum atomic E-state index is -0.361. The van der Waals surface area contributed by atoms with Gasteiger partial charge in [-0.05, 0) is 58.5 Å². The highest BCUT2D eigenvalue weighted by Crippen LogP contribution is 2.23. The van der Waals surface area contributed by atoms with Crippen LogP contribution in [0.3, 0.4) is 0 Å². The third-order valence-corrected chi connectivity index (χ3v) is 3.45. The molecule has 0 heterocycles. The van der Waals surface area contributed by atoms with Gasteiger partial charge in [-0.1, -0.05) is 12.1 Å². The largest absolute Gasteiger partial charge is 0.488 e. The van der Waals surface area contributed by atoms with Crippen LogP contribution in [0.15, 0.2) is 42.5 Å². The lowest BCUT2D eigenvalue weighted by Crippen LogP contribution is -2.29. The van der Waals surface area contributed by atoms with E-state index in [-0.39, 0.29) is 18.3 Å². The van der Waals surface area contributed by atoms with Gasteiger partial charge in [-0.25, -0.2) is 10.2 Å². The number of rotatable bonds is 4. The van der Waals surface area contributed by atoms with Crippen molar-refractivity contribution in [3.05, 3.63) is 63.0 Å². The van der Waals surface area contributed by atoms with Gasteiger partial charge in [0.25, 0.3) is 5.91 Å². The van der Waals surface area contributed by atoms with E-state index in [2.05, 4.69) is 28.0 Å². The van der Waals surface area contributed by atoms with Gasteiger partial charge < -0.3 is 4.74 Å². The normalized spacial score (nSPS) is 10.2. The van der Waals surface area contributed by atoms with Crippen LogP contribution in [0.2, 0.25) is 0 Å². The zero-order valence-corrected chi connectivity index (χ0v) is 12.6. The molecule has 0 spiro atoms. The van der Waals surface area contributed by atoms with E-state index in [1.54, 1.807) is 30.3 Å². The fourth-order valence-corrected chi connectivity index (χ4v) is 2.30. The van der Waals surface area contributed by atoms with Gasteiger partial charge in [-0.15, -0.1) is 0 Å². The number of nitrogens with one attached hydrogen (secondary N) is 1. The Morgan fingerprint density at radius 3 is 2.75 bits per heavy atom. The molecule has 0 radical (unpaired) electrons. The lowest BCUT2D eigenvalue weighted by molar-refractivity contribution is 0.0953. The maximum atomic E-state index is 13.0. The zero-order valence-electron chi connectivity index (χ0n) is 10.4. The minimum absolute atomic E-state index is 0.260. The van der Waals surface area contributed by atoms with E-state index in [1.165, 1.54) is 12.1 Å². The number of hydrogen-bond donors (Lipinski definition) is 2. The average molecular weight is 386 g/mol. The van der Waals surface area contributed by atoms with Crippen LogP contribution >= 0.6 is 22.6 Å². The molecule has 0 aromatic heterocycles. The van der Waals surface area contributed by atoms with Gasteiger partial charge in [-0.2, -0.15) is 0 Å². The first kappa shape index (κ1) is 14.7. The van der Waals surface area contributed by atoms with E-state index < -0.39 is 0 Å². The Balaban J connectivity index is 2.08. The molecule has 20 heavy (non-hydrogen) atoms. The SMILES string of the molecule is NNC(=O)c1ccc(OCc2cccc(F)c2)c(I)c1. The van der Waals surface area contributed by atoms with E-state index >= 15 is 0 Å². The highest BCUT2D eigenvalue weighted by molar-refractivity contribution is 14.1. The number of halogens is 2. The highest BCUT2D eigenvalue weighted by Gasteiger charge is 2.08. The summed E-state index contributed by atoms with van der Waals surface area (Å²) in [6, 6.07) is 11.2. The van der Waals surface area contributed by atoms with Crippen LogP contribution in [0.4, 0.5) is 4.39 Å². The molecule has 0 aliphatic heterocycles. The smallest absolute Gasteiger partial charge is 0.265 e. The molecular weight excluding hydrogens is 374 g/mol. The second kappa shape index (κ2) is 6.67. The summed E-state index contributed by atoms with van der Waals surface area (Å²) in [6.07, 6.45) is 0. The van der Waals surface area contributed by atoms with Crippen molar-refractivity contribution in [3.63, 3.8) is 0 Å². The Bertz CT molecular complexity index is 634. The topological polar surface area (TPSA) is 64.3 Å². The Labute approximate surface area is 129 Å². The summed E-state index contributed by atoms with van der Waals surface area (Å²) < 4.78 is 19.4. The molecule has 0 bridgehead atoms. The molecule has 1 amide bonds. The second-order valence-corrected chi connectivity index (χ2v) is 5.20. The van der Waals surface area contributed by atoms with Crippen molar-refractivity contribution in [2.45, 2.75) is 6.61 Å². The summed E-state index contributed by atoms with van der Waals surface area (Å²) in [5, 5.41) is 0. The number of benzene rings is 2. The molecule has 3 N–H and O–H groups in total. The van der Waals surface area contributed by atoms with Crippen molar-refractivity contribution in [2.75, 3.05) is 0 Å². The van der Waals surface area contributed by atoms with Crippen LogP contribution in [-0.4, -0.2) is 5.91 Å². The number of nitrogens with two attached hydrogens (primary N) is 1. The van der Waals surface area contributed by atoms with Crippen molar-refractivity contribution < 1.29 is 13.9 Å². The van der Waals surface area contributed by atoms with E-state index in [9.17, 15) is 9.18 Å². The minimum Gasteiger partial charge on any atom is -0.488 e. The van der Waals surface area contributed by atoms with E-state index in [1.807, 2.05) is 0 Å². The van der Waals surface area contributed by atoms with Crippen LogP contribution in [-0.2, 0) is 6.61 Å². The quantitative estimate of drug-likeness (QED) is 0.368. The van der Waals surface area contributed by atoms with Gasteiger partial charge in [0.15, 0.2) is 0 Å². The van der Waals surface area contributed by atoms with Crippen LogP contribution in [0, 0.1) is 9.39 Å². The molecule has 0 saturated heterocycles. The first-order chi connectivity index (χ1) is 9.60. The summed E-state index contributed by atoms with van der Waals surface area (Å²) in [5.41, 5.74) is 3.26. The van der Waals surface area contributed by atoms with E-state index in [4.69, 9.17) is 10.6 Å². The predicted octanol–water partition coefficient (Wildman–Crippen LogP) is 2.61. The first-order valence-electron chi connectivity index (χ1n) is 5.78. The molecule has 2 aromatic rings. The lowest BCUT2D eigenvalue weighted by atomic mass is 10.2. The Hall–Kier alpha value is -1.67. The number of amides is 1. The number of hydrogen-bond acceptors (Lipinski definition) is 3. The van der Waals surface area contributed by atoms with Crippen LogP contribution in [0.1, 0.15) is 15.9 Å². The van der Waals surface area contributed by atoms with Crippen molar-refractivity contribution in [2.24, 2.45) is 5.84 Å². The Morgan fingerprint density at radius 2 is 2.10 bits per heavy atom. The third kappa shape index (κ3) is 3.67. The molecule has 2 rings (SSSR count). The number of hydrazine groups is 1. The maximum absolute atomic E-state index is 13.0. The van der Waals surface area contributed by atoms with Gasteiger partial charge in [0.1, 0.15) is 18.2 Å². The summed E-state index contributed by atoms with van der Waals surface area (Å²) in [4.78, 5) is 11.4. The van der Waals surface area contributed by atoms with E-state index in [0.29, 0.717) is 11.3 Å². The summed E-state index contributed by atoms with van der Waals surface area (Å²) in [7, 11) is 0. The second-order valence-electron chi connectivity index (χ2n) is 4.04. The predicted molar refractivity (Wildman–Crippen MR) is 81.5 cm³/mol. The van der Waals surface area contributed by atoms with Crippen molar-refractivity contribution in [1.29, 1.82) is 0 Å². The maximum Gasteiger partial charge on any atom is 0.265 e. The number of ether oxygens (including phenoxy) is 1. The monoisotopic (exact) mass is 386 g/mol. The van der Waals surface area contributed by atoms with Crippen molar-refractivity contribution >= 4 is 28.5 Å². The standard InChI is InChI=1S/C14H12FIN2O2/c15-11-3-1-2-9(6-11)8-20-13-5-4-10(7-12(13)16)14(19)18-17/h1-7H,8,17H2,(H,18,19). The molecule has 4 nitrogen and oxygen atoms in total. The molecule has 0 saturated carbocycles. The van der Waals surface area contributed by atoms with Gasteiger partial charge >= 0.3 is 0 Å². The van der Waals surface area contributed by atoms with Crippen LogP contribution < -0.4 is 16.0 Å². The number of carbonyl (C=O) groups excluding carboxylic acids is 1. The van der Waals surface area contributed by atoms with Crippen LogP contribution in [0.25, 0.3) is 0 Å². The fraction of sp³-hybridized carbons (Fsp3) is 0.0714. The van der Waals surface area contributed by atoms with Crippen molar-refractivity contribution in [1.82, 2.24) is 5.43 Å². The molecule has 0 aliphatic rings. The Kier molecular flexibility index (Phi) is 4.91. The average Bonchev–Trinajstić information content (AvgIpc) is 2.45. The molecular formula is C14H12FIN2O2. The summed E-state index contributed by atoms with van der Waals surface area (Å²) in [5.74, 6) is 5.04. The fourth-order valence-electron chi connectivity index (χ4n) is 1.63. The molecule has 0 fully saturated rings. The van der Waals surface area contributed by atoms with E-state index in [0.717, 1.165) is 9.13 Å². The summed E-state index contributed by atoms with van der Waals surface area (Å²) in [6.45, 7) is 0.260. The molecule has 104 valence electrons. The molecule has 6 heteroatoms. The molecule has 0 unspecified atom stereocenters. The third-order valence-electron chi connectivity index (χ3n) is 2.61. The highest BCUT2D eigenvalue weighted by atomic mass is 127. The van der Waals surface area contributed by atoms with Gasteiger partial charge in [0.05, 0.1) is 3.57 Å². The first-order valence-corrected chi connectivity index (χ1v) is 6.86. The van der Waals surface area contributed by atoms with Gasteiger partial charge in [-0.3, -0.25) is 10.2 Å². The molecule has 0 atom stereocenters. The van der Waals surface area contributed by atoms with Gasteiger partial charge in [0.2, 0.25) is 0 Å². The van der Waals surface area contributed by atoms with Crippen molar-refractivity contribution in [3.8, 4) is 5.75 Å². The lowest BCUT2D eigenvalue weighted by Gasteiger charge is -2.09. The number of carbonyl (C=O) groups is 1. The summed E-state index contributed by atoms with van der Waals surface area (Å²) >= 11 is 2.07. The Morgan fingerprint density at radius 1 is 1.30 bits per heavy atom. The van der Waals surface area contributed by atoms with Crippen LogP contribution in [0.5, 0.6) is 5.75 Å². The zero-order chi connectivity index (χ0) is 14.5. The molecule has 0 aliphatic carbocycles. The number of nitrogen functional groups attached to an aromatic ring is 1. The molecule has 2 aromatic carbocycles. The van der Waals surface area contributed by atoms with Gasteiger partial charge in [0, 0.05) is 5.56 Å².